The Morgan fingerprint density at radius 2 is 2.10 bits per heavy atom. The number of piperazine rings is 1. The van der Waals surface area contributed by atoms with Crippen LogP contribution in [-0.2, 0) is 6.54 Å². The van der Waals surface area contributed by atoms with Crippen molar-refractivity contribution in [1.29, 1.82) is 5.26 Å². The minimum absolute atomic E-state index is 0.123. The van der Waals surface area contributed by atoms with Crippen LogP contribution in [0.25, 0.3) is 0 Å². The van der Waals surface area contributed by atoms with Gasteiger partial charge in [-0.1, -0.05) is 12.1 Å². The summed E-state index contributed by atoms with van der Waals surface area (Å²) in [4.78, 5) is 14.1. The number of rotatable bonds is 4. The number of halogens is 1. The van der Waals surface area contributed by atoms with Crippen LogP contribution < -0.4 is 0 Å². The third kappa shape index (κ3) is 3.54. The van der Waals surface area contributed by atoms with Crippen molar-refractivity contribution in [3.8, 4) is 6.07 Å². The largest absolute Gasteiger partial charge is 0.305 e. The molecule has 1 saturated heterocycles. The fourth-order valence-electron chi connectivity index (χ4n) is 2.46. The number of hydrogen-bond acceptors (Lipinski definition) is 5. The van der Waals surface area contributed by atoms with Crippen molar-refractivity contribution >= 4 is 5.69 Å². The highest BCUT2D eigenvalue weighted by Gasteiger charge is 2.23. The molecule has 2 rings (SSSR count). The maximum absolute atomic E-state index is 14.0. The van der Waals surface area contributed by atoms with Gasteiger partial charge in [-0.05, 0) is 6.92 Å². The Morgan fingerprint density at radius 3 is 2.67 bits per heavy atom. The van der Waals surface area contributed by atoms with E-state index >= 15 is 0 Å². The van der Waals surface area contributed by atoms with E-state index in [2.05, 4.69) is 11.0 Å². The predicted octanol–water partition coefficient (Wildman–Crippen LogP) is 1.76. The van der Waals surface area contributed by atoms with E-state index in [0.717, 1.165) is 13.1 Å². The van der Waals surface area contributed by atoms with Crippen molar-refractivity contribution in [1.82, 2.24) is 9.80 Å². The molecular formula is C14H17FN4O2. The van der Waals surface area contributed by atoms with Crippen molar-refractivity contribution in [2.24, 2.45) is 0 Å². The number of benzene rings is 1. The molecule has 1 fully saturated rings. The molecule has 1 unspecified atom stereocenters. The summed E-state index contributed by atoms with van der Waals surface area (Å²) in [5, 5.41) is 19.6. The van der Waals surface area contributed by atoms with E-state index in [1.165, 1.54) is 12.1 Å². The summed E-state index contributed by atoms with van der Waals surface area (Å²) in [6, 6.07) is 6.33. The Hall–Kier alpha value is -2.04. The van der Waals surface area contributed by atoms with Gasteiger partial charge >= 0.3 is 5.69 Å². The zero-order valence-corrected chi connectivity index (χ0v) is 11.8. The quantitative estimate of drug-likeness (QED) is 0.624. The van der Waals surface area contributed by atoms with Crippen LogP contribution in [0.2, 0.25) is 0 Å². The van der Waals surface area contributed by atoms with Gasteiger partial charge in [-0.2, -0.15) is 9.65 Å². The summed E-state index contributed by atoms with van der Waals surface area (Å²) in [5.41, 5.74) is -0.143. The molecule has 1 atom stereocenters. The molecule has 0 radical (unpaired) electrons. The first-order valence-electron chi connectivity index (χ1n) is 6.80. The molecule has 0 bridgehead atoms. The molecule has 6 nitrogen and oxygen atoms in total. The number of nitrogens with zero attached hydrogens (tertiary/aromatic N) is 4. The molecule has 7 heteroatoms. The number of nitriles is 1. The van der Waals surface area contributed by atoms with Gasteiger partial charge in [0.1, 0.15) is 0 Å². The first-order valence-corrected chi connectivity index (χ1v) is 6.80. The highest BCUT2D eigenvalue weighted by Crippen LogP contribution is 2.21. The molecule has 1 heterocycles. The predicted molar refractivity (Wildman–Crippen MR) is 75.0 cm³/mol. The number of nitro benzene ring substituents is 1. The average molecular weight is 292 g/mol. The van der Waals surface area contributed by atoms with Crippen molar-refractivity contribution < 1.29 is 9.31 Å². The maximum atomic E-state index is 14.0. The van der Waals surface area contributed by atoms with Crippen molar-refractivity contribution in [3.05, 3.63) is 39.7 Å². The van der Waals surface area contributed by atoms with E-state index < -0.39 is 16.4 Å². The van der Waals surface area contributed by atoms with Gasteiger partial charge in [0.2, 0.25) is 5.82 Å². The molecule has 0 N–H and O–H groups in total. The van der Waals surface area contributed by atoms with Gasteiger partial charge in [0.25, 0.3) is 0 Å². The molecule has 0 amide bonds. The van der Waals surface area contributed by atoms with Gasteiger partial charge in [-0.3, -0.25) is 19.9 Å². The SMILES string of the molecule is CC(C#N)N1CCN(Cc2cccc([N+](=O)[O-])c2F)CC1. The summed E-state index contributed by atoms with van der Waals surface area (Å²) in [6.45, 7) is 5.12. The molecule has 1 aliphatic rings. The van der Waals surface area contributed by atoms with Crippen LogP contribution >= 0.6 is 0 Å². The Labute approximate surface area is 122 Å². The first kappa shape index (κ1) is 15.4. The van der Waals surface area contributed by atoms with E-state index in [9.17, 15) is 14.5 Å². The standard InChI is InChI=1S/C14H17FN4O2/c1-11(9-16)18-7-5-17(6-8-18)10-12-3-2-4-13(14(12)15)19(20)21/h2-4,11H,5-8,10H2,1H3. The zero-order valence-electron chi connectivity index (χ0n) is 11.8. The van der Waals surface area contributed by atoms with Crippen LogP contribution in [0.5, 0.6) is 0 Å². The van der Waals surface area contributed by atoms with Gasteiger partial charge in [0.15, 0.2) is 0 Å². The molecule has 0 aliphatic carbocycles. The lowest BCUT2D eigenvalue weighted by Gasteiger charge is -2.35. The van der Waals surface area contributed by atoms with Crippen LogP contribution in [0, 0.1) is 27.3 Å². The van der Waals surface area contributed by atoms with E-state index in [0.29, 0.717) is 25.2 Å². The van der Waals surface area contributed by atoms with Crippen molar-refractivity contribution in [3.63, 3.8) is 0 Å². The van der Waals surface area contributed by atoms with E-state index in [1.807, 2.05) is 11.8 Å². The summed E-state index contributed by atoms with van der Waals surface area (Å²) in [5.74, 6) is -0.754. The molecule has 21 heavy (non-hydrogen) atoms. The van der Waals surface area contributed by atoms with Gasteiger partial charge in [-0.15, -0.1) is 0 Å². The van der Waals surface area contributed by atoms with E-state index in [4.69, 9.17) is 5.26 Å². The van der Waals surface area contributed by atoms with Crippen LogP contribution in [0.1, 0.15) is 12.5 Å². The number of hydrogen-bond donors (Lipinski definition) is 0. The molecule has 0 saturated carbocycles. The first-order chi connectivity index (χ1) is 10.0. The Bertz CT molecular complexity index is 565. The normalized spacial score (nSPS) is 18.1. The van der Waals surface area contributed by atoms with Gasteiger partial charge in [-0.25, -0.2) is 0 Å². The Balaban J connectivity index is 2.00. The molecule has 0 aromatic heterocycles. The van der Waals surface area contributed by atoms with Gasteiger partial charge in [0.05, 0.1) is 17.0 Å². The fraction of sp³-hybridized carbons (Fsp3) is 0.500. The second-order valence-corrected chi connectivity index (χ2v) is 5.12. The van der Waals surface area contributed by atoms with E-state index in [-0.39, 0.29) is 6.04 Å². The maximum Gasteiger partial charge on any atom is 0.305 e. The van der Waals surface area contributed by atoms with Crippen molar-refractivity contribution in [2.45, 2.75) is 19.5 Å². The third-order valence-corrected chi connectivity index (χ3v) is 3.79. The molecule has 1 aliphatic heterocycles. The summed E-state index contributed by atoms with van der Waals surface area (Å²) in [7, 11) is 0. The highest BCUT2D eigenvalue weighted by atomic mass is 19.1. The monoisotopic (exact) mass is 292 g/mol. The second kappa shape index (κ2) is 6.61. The molecule has 1 aromatic carbocycles. The van der Waals surface area contributed by atoms with Gasteiger partial charge < -0.3 is 0 Å². The fourth-order valence-corrected chi connectivity index (χ4v) is 2.46. The third-order valence-electron chi connectivity index (χ3n) is 3.79. The number of nitro groups is 1. The smallest absolute Gasteiger partial charge is 0.296 e. The minimum atomic E-state index is -0.754. The minimum Gasteiger partial charge on any atom is -0.296 e. The lowest BCUT2D eigenvalue weighted by molar-refractivity contribution is -0.387. The lowest BCUT2D eigenvalue weighted by Crippen LogP contribution is -2.48. The lowest BCUT2D eigenvalue weighted by atomic mass is 10.1. The van der Waals surface area contributed by atoms with Crippen LogP contribution in [-0.4, -0.2) is 46.9 Å². The van der Waals surface area contributed by atoms with Crippen LogP contribution in [0.3, 0.4) is 0 Å². The van der Waals surface area contributed by atoms with Crippen LogP contribution in [0.15, 0.2) is 18.2 Å². The highest BCUT2D eigenvalue weighted by molar-refractivity contribution is 5.36. The average Bonchev–Trinajstić information content (AvgIpc) is 2.49. The molecular weight excluding hydrogens is 275 g/mol. The zero-order chi connectivity index (χ0) is 15.4. The second-order valence-electron chi connectivity index (χ2n) is 5.12. The van der Waals surface area contributed by atoms with Gasteiger partial charge in [0, 0.05) is 44.4 Å². The topological polar surface area (TPSA) is 73.4 Å². The molecule has 1 aromatic rings. The Kier molecular flexibility index (Phi) is 4.83. The summed E-state index contributed by atoms with van der Waals surface area (Å²) < 4.78 is 14.0. The van der Waals surface area contributed by atoms with Crippen molar-refractivity contribution in [2.75, 3.05) is 26.2 Å². The molecule has 0 spiro atoms. The van der Waals surface area contributed by atoms with E-state index in [1.54, 1.807) is 6.07 Å². The Morgan fingerprint density at radius 1 is 1.43 bits per heavy atom. The summed E-state index contributed by atoms with van der Waals surface area (Å²) in [6.07, 6.45) is 0. The summed E-state index contributed by atoms with van der Waals surface area (Å²) >= 11 is 0. The van der Waals surface area contributed by atoms with Crippen LogP contribution in [0.4, 0.5) is 10.1 Å². The molecule has 112 valence electrons.